The minimum absolute atomic E-state index is 0.0846. The lowest BCUT2D eigenvalue weighted by molar-refractivity contribution is -0.161. The minimum Gasteiger partial charge on any atom is -0.462 e. The molecule has 0 rings (SSSR count). The van der Waals surface area contributed by atoms with Crippen molar-refractivity contribution in [1.29, 1.82) is 0 Å². The molecule has 19 heteroatoms. The van der Waals surface area contributed by atoms with Crippen molar-refractivity contribution in [3.8, 4) is 0 Å². The van der Waals surface area contributed by atoms with Crippen molar-refractivity contribution < 1.29 is 80.2 Å². The Morgan fingerprint density at radius 2 is 0.574 bits per heavy atom. The molecular formula is C75H134O17P2. The molecule has 0 amide bonds. The van der Waals surface area contributed by atoms with Crippen LogP contribution in [0.25, 0.3) is 0 Å². The molecule has 0 aromatic rings. The van der Waals surface area contributed by atoms with Gasteiger partial charge in [-0.3, -0.25) is 37.3 Å². The molecule has 94 heavy (non-hydrogen) atoms. The van der Waals surface area contributed by atoms with Gasteiger partial charge in [0.25, 0.3) is 0 Å². The van der Waals surface area contributed by atoms with Gasteiger partial charge in [0.2, 0.25) is 0 Å². The first-order chi connectivity index (χ1) is 45.7. The SMILES string of the molecule is CC/C=C\C/C=C\C/C=C\CCCCCCCCCC(=O)OCC(COP(=O)(O)OCC(O)COP(=O)(O)OCC(COC(=O)CCCCCCC/C=C\C/C=C\CCC)OC(=O)CCCCCCC/C=C\CCCCCC)OC(=O)CCCCCCCCCCCCC. The zero-order chi connectivity index (χ0) is 69.0. The quantitative estimate of drug-likeness (QED) is 0.0169. The normalized spacial score (nSPS) is 14.4. The molecule has 0 heterocycles. The number of rotatable bonds is 70. The molecule has 5 atom stereocenters. The van der Waals surface area contributed by atoms with E-state index in [0.717, 1.165) is 180 Å². The maximum Gasteiger partial charge on any atom is 0.472 e. The summed E-state index contributed by atoms with van der Waals surface area (Å²) in [5.41, 5.74) is 0. The van der Waals surface area contributed by atoms with Crippen LogP contribution in [0.5, 0.6) is 0 Å². The first-order valence-electron chi connectivity index (χ1n) is 37.2. The molecule has 0 saturated heterocycles. The lowest BCUT2D eigenvalue weighted by Gasteiger charge is -2.21. The highest BCUT2D eigenvalue weighted by Crippen LogP contribution is 2.45. The monoisotopic (exact) mass is 1370 g/mol. The molecule has 0 aromatic heterocycles. The van der Waals surface area contributed by atoms with Crippen LogP contribution in [-0.4, -0.2) is 96.7 Å². The zero-order valence-corrected chi connectivity index (χ0v) is 61.2. The maximum absolute atomic E-state index is 13.0. The molecule has 0 radical (unpaired) electrons. The smallest absolute Gasteiger partial charge is 0.462 e. The van der Waals surface area contributed by atoms with E-state index >= 15 is 0 Å². The van der Waals surface area contributed by atoms with E-state index < -0.39 is 97.5 Å². The van der Waals surface area contributed by atoms with E-state index in [9.17, 15) is 43.2 Å². The Labute approximate surface area is 571 Å². The van der Waals surface area contributed by atoms with Gasteiger partial charge in [-0.25, -0.2) is 9.13 Å². The summed E-state index contributed by atoms with van der Waals surface area (Å²) in [6.45, 7) is 4.67. The highest BCUT2D eigenvalue weighted by molar-refractivity contribution is 7.47. The van der Waals surface area contributed by atoms with Crippen molar-refractivity contribution in [2.45, 2.75) is 341 Å². The van der Waals surface area contributed by atoms with Crippen LogP contribution in [0.1, 0.15) is 323 Å². The summed E-state index contributed by atoms with van der Waals surface area (Å²) >= 11 is 0. The number of hydrogen-bond acceptors (Lipinski definition) is 15. The second-order valence-electron chi connectivity index (χ2n) is 24.9. The lowest BCUT2D eigenvalue weighted by Crippen LogP contribution is -2.30. The predicted octanol–water partition coefficient (Wildman–Crippen LogP) is 20.9. The van der Waals surface area contributed by atoms with Gasteiger partial charge in [-0.15, -0.1) is 0 Å². The number of unbranched alkanes of at least 4 members (excludes halogenated alkanes) is 32. The van der Waals surface area contributed by atoms with Gasteiger partial charge in [-0.1, -0.05) is 261 Å². The van der Waals surface area contributed by atoms with E-state index in [2.05, 4.69) is 101 Å². The number of carbonyl (C=O) groups is 4. The van der Waals surface area contributed by atoms with Crippen LogP contribution in [0.3, 0.4) is 0 Å². The number of phosphoric acid groups is 2. The molecule has 0 saturated carbocycles. The van der Waals surface area contributed by atoms with Gasteiger partial charge in [0.05, 0.1) is 26.4 Å². The number of phosphoric ester groups is 2. The Balaban J connectivity index is 5.30. The fourth-order valence-corrected chi connectivity index (χ4v) is 11.6. The Bertz CT molecular complexity index is 2070. The summed E-state index contributed by atoms with van der Waals surface area (Å²) in [5.74, 6) is -2.19. The second kappa shape index (κ2) is 68.0. The van der Waals surface area contributed by atoms with Crippen LogP contribution in [0.15, 0.2) is 72.9 Å². The van der Waals surface area contributed by atoms with Gasteiger partial charge in [-0.05, 0) is 109 Å². The van der Waals surface area contributed by atoms with Crippen LogP contribution < -0.4 is 0 Å². The number of aliphatic hydroxyl groups excluding tert-OH is 1. The standard InChI is InChI=1S/C75H134O17P2/c1-5-9-13-17-21-25-29-32-33-34-35-38-41-44-48-52-56-60-73(78)86-65-70(91-74(79)61-57-53-49-45-39-28-24-20-16-12-8-4)67-89-93(81,82)87-63-69(76)64-88-94(83,84)90-68-71(92-75(80)62-58-54-50-46-42-37-31-27-23-19-15-11-7-3)66-85-72(77)59-55-51-47-43-40-36-30-26-22-18-14-10-6-2/h9,13-14,18,21,25-27,30-33,69-71,76H,5-8,10-12,15-17,19-20,22-24,28-29,34-68H2,1-4H3,(H,81,82)(H,83,84)/b13-9-,18-14-,25-21-,30-26-,31-27-,33-32-. The van der Waals surface area contributed by atoms with E-state index in [4.69, 9.17) is 37.0 Å². The van der Waals surface area contributed by atoms with Crippen molar-refractivity contribution in [3.05, 3.63) is 72.9 Å². The number of ether oxygens (including phenoxy) is 4. The van der Waals surface area contributed by atoms with Gasteiger partial charge in [0, 0.05) is 25.7 Å². The van der Waals surface area contributed by atoms with Crippen molar-refractivity contribution in [1.82, 2.24) is 0 Å². The van der Waals surface area contributed by atoms with Gasteiger partial charge in [0.15, 0.2) is 12.2 Å². The zero-order valence-electron chi connectivity index (χ0n) is 59.4. The number of allylic oxidation sites excluding steroid dienone is 12. The van der Waals surface area contributed by atoms with E-state index in [1.165, 1.54) is 64.2 Å². The Hall–Kier alpha value is -3.50. The third-order valence-electron chi connectivity index (χ3n) is 15.6. The molecule has 546 valence electrons. The third kappa shape index (κ3) is 67.1. The average molecular weight is 1370 g/mol. The third-order valence-corrected chi connectivity index (χ3v) is 17.5. The summed E-state index contributed by atoms with van der Waals surface area (Å²) in [4.78, 5) is 72.7. The topological polar surface area (TPSA) is 237 Å². The molecular weight excluding hydrogens is 1230 g/mol. The van der Waals surface area contributed by atoms with Crippen molar-refractivity contribution >= 4 is 39.5 Å². The van der Waals surface area contributed by atoms with E-state index in [-0.39, 0.29) is 25.7 Å². The molecule has 3 N–H and O–H groups in total. The first-order valence-corrected chi connectivity index (χ1v) is 40.2. The first kappa shape index (κ1) is 90.5. The van der Waals surface area contributed by atoms with Gasteiger partial charge >= 0.3 is 39.5 Å². The highest BCUT2D eigenvalue weighted by atomic mass is 31.2. The van der Waals surface area contributed by atoms with Gasteiger partial charge in [-0.2, -0.15) is 0 Å². The van der Waals surface area contributed by atoms with Crippen molar-refractivity contribution in [3.63, 3.8) is 0 Å². The summed E-state index contributed by atoms with van der Waals surface area (Å²) in [5, 5.41) is 10.6. The van der Waals surface area contributed by atoms with Crippen LogP contribution in [0, 0.1) is 0 Å². The van der Waals surface area contributed by atoms with Crippen molar-refractivity contribution in [2.75, 3.05) is 39.6 Å². The molecule has 0 bridgehead atoms. The Morgan fingerprint density at radius 3 is 0.915 bits per heavy atom. The summed E-state index contributed by atoms with van der Waals surface area (Å²) in [6.07, 6.45) is 66.1. The molecule has 0 aromatic carbocycles. The molecule has 0 fully saturated rings. The molecule has 0 aliphatic carbocycles. The lowest BCUT2D eigenvalue weighted by atomic mass is 10.1. The van der Waals surface area contributed by atoms with Crippen LogP contribution in [-0.2, 0) is 65.4 Å². The maximum atomic E-state index is 13.0. The molecule has 0 spiro atoms. The number of aliphatic hydroxyl groups is 1. The molecule has 0 aliphatic rings. The summed E-state index contributed by atoms with van der Waals surface area (Å²) in [6, 6.07) is 0. The number of esters is 4. The minimum atomic E-state index is -4.97. The molecule has 0 aliphatic heterocycles. The Kier molecular flexibility index (Phi) is 65.5. The van der Waals surface area contributed by atoms with E-state index in [1.807, 2.05) is 0 Å². The van der Waals surface area contributed by atoms with Crippen molar-refractivity contribution in [2.24, 2.45) is 0 Å². The molecule has 17 nitrogen and oxygen atoms in total. The molecule has 5 unspecified atom stereocenters. The van der Waals surface area contributed by atoms with E-state index in [0.29, 0.717) is 25.7 Å². The summed E-state index contributed by atoms with van der Waals surface area (Å²) in [7, 11) is -9.94. The van der Waals surface area contributed by atoms with Gasteiger partial charge < -0.3 is 33.8 Å². The highest BCUT2D eigenvalue weighted by Gasteiger charge is 2.30. The van der Waals surface area contributed by atoms with Crippen LogP contribution in [0.4, 0.5) is 0 Å². The number of hydrogen-bond donors (Lipinski definition) is 3. The predicted molar refractivity (Wildman–Crippen MR) is 381 cm³/mol. The van der Waals surface area contributed by atoms with Crippen LogP contribution in [0.2, 0.25) is 0 Å². The Morgan fingerprint density at radius 1 is 0.309 bits per heavy atom. The largest absolute Gasteiger partial charge is 0.472 e. The fourth-order valence-electron chi connectivity index (χ4n) is 9.97. The summed E-state index contributed by atoms with van der Waals surface area (Å²) < 4.78 is 68.3. The van der Waals surface area contributed by atoms with Gasteiger partial charge in [0.1, 0.15) is 19.3 Å². The average Bonchev–Trinajstić information content (AvgIpc) is 1.32. The van der Waals surface area contributed by atoms with Crippen LogP contribution >= 0.6 is 15.6 Å². The van der Waals surface area contributed by atoms with E-state index in [1.54, 1.807) is 0 Å². The fraction of sp³-hybridized carbons (Fsp3) is 0.787. The second-order valence-corrected chi connectivity index (χ2v) is 27.8. The number of carbonyl (C=O) groups excluding carboxylic acids is 4.